The molecule has 0 aliphatic heterocycles. The molecule has 0 spiro atoms. The second-order valence-corrected chi connectivity index (χ2v) is 8.97. The number of carbonyl (C=O) groups is 2. The van der Waals surface area contributed by atoms with Gasteiger partial charge in [-0.05, 0) is 59.2 Å². The van der Waals surface area contributed by atoms with E-state index in [9.17, 15) is 14.7 Å². The van der Waals surface area contributed by atoms with Crippen LogP contribution in [0, 0.1) is 0 Å². The summed E-state index contributed by atoms with van der Waals surface area (Å²) in [6.45, 7) is 0.507. The summed E-state index contributed by atoms with van der Waals surface area (Å²) in [6, 6.07) is 35.4. The Labute approximate surface area is 212 Å². The molecular formula is C32H30O4. The summed E-state index contributed by atoms with van der Waals surface area (Å²) in [4.78, 5) is 24.0. The van der Waals surface area contributed by atoms with Crippen LogP contribution in [-0.4, -0.2) is 17.4 Å². The number of aryl methyl sites for hydroxylation is 1. The zero-order chi connectivity index (χ0) is 25.2. The Morgan fingerprint density at radius 1 is 0.750 bits per heavy atom. The van der Waals surface area contributed by atoms with Crippen LogP contribution >= 0.6 is 0 Å². The zero-order valence-electron chi connectivity index (χ0n) is 20.2. The monoisotopic (exact) mass is 478 g/mol. The minimum absolute atomic E-state index is 0.0517. The fourth-order valence-corrected chi connectivity index (χ4v) is 4.53. The first-order chi connectivity index (χ1) is 17.6. The van der Waals surface area contributed by atoms with Gasteiger partial charge in [0.25, 0.3) is 0 Å². The van der Waals surface area contributed by atoms with E-state index in [1.54, 1.807) is 0 Å². The standard InChI is InChI=1S/C32H30O4/c33-23-22-32(31(34)35,21-7-12-25-8-3-1-4-9-25)29-17-13-27(14-18-29)28-15-19-30(20-16-28)36-24-26-10-5-2-6-11-26/h1-6,8-11,13-20,23H,7,12,21-22,24H2,(H,34,35)/t32-/m0/s1. The van der Waals surface area contributed by atoms with E-state index in [0.29, 0.717) is 25.0 Å². The van der Waals surface area contributed by atoms with Crippen molar-refractivity contribution in [3.05, 3.63) is 126 Å². The molecule has 1 atom stereocenters. The van der Waals surface area contributed by atoms with Gasteiger partial charge in [-0.1, -0.05) is 97.1 Å². The van der Waals surface area contributed by atoms with Crippen molar-refractivity contribution in [2.45, 2.75) is 37.7 Å². The molecule has 1 N–H and O–H groups in total. The molecule has 4 aromatic rings. The Morgan fingerprint density at radius 2 is 1.31 bits per heavy atom. The van der Waals surface area contributed by atoms with Crippen LogP contribution in [0.1, 0.15) is 36.0 Å². The van der Waals surface area contributed by atoms with Crippen LogP contribution in [0.3, 0.4) is 0 Å². The number of hydrogen-bond acceptors (Lipinski definition) is 3. The van der Waals surface area contributed by atoms with E-state index in [1.165, 1.54) is 0 Å². The molecule has 0 unspecified atom stereocenters. The molecule has 0 aliphatic carbocycles. The molecule has 0 aliphatic rings. The van der Waals surface area contributed by atoms with Crippen LogP contribution in [0.15, 0.2) is 109 Å². The van der Waals surface area contributed by atoms with Gasteiger partial charge in [0.05, 0.1) is 5.41 Å². The van der Waals surface area contributed by atoms with Gasteiger partial charge < -0.3 is 14.6 Å². The third-order valence-electron chi connectivity index (χ3n) is 6.63. The lowest BCUT2D eigenvalue weighted by Crippen LogP contribution is -2.36. The summed E-state index contributed by atoms with van der Waals surface area (Å²) < 4.78 is 5.87. The number of carbonyl (C=O) groups excluding carboxylic acids is 1. The minimum Gasteiger partial charge on any atom is -0.489 e. The lowest BCUT2D eigenvalue weighted by atomic mass is 9.73. The van der Waals surface area contributed by atoms with Crippen molar-refractivity contribution in [3.63, 3.8) is 0 Å². The highest BCUT2D eigenvalue weighted by Crippen LogP contribution is 2.35. The summed E-state index contributed by atoms with van der Waals surface area (Å²) in [5, 5.41) is 10.2. The van der Waals surface area contributed by atoms with Crippen LogP contribution in [0.5, 0.6) is 5.75 Å². The molecule has 0 fully saturated rings. The first-order valence-electron chi connectivity index (χ1n) is 12.2. The second-order valence-electron chi connectivity index (χ2n) is 8.97. The van der Waals surface area contributed by atoms with Gasteiger partial charge in [-0.3, -0.25) is 4.79 Å². The Hall–Kier alpha value is -4.18. The summed E-state index contributed by atoms with van der Waals surface area (Å²) in [5.41, 5.74) is 3.68. The quantitative estimate of drug-likeness (QED) is 0.226. The lowest BCUT2D eigenvalue weighted by Gasteiger charge is -2.28. The zero-order valence-corrected chi connectivity index (χ0v) is 20.2. The summed E-state index contributed by atoms with van der Waals surface area (Å²) >= 11 is 0. The number of benzene rings is 4. The van der Waals surface area contributed by atoms with Crippen LogP contribution in [0.25, 0.3) is 11.1 Å². The maximum absolute atomic E-state index is 12.4. The summed E-state index contributed by atoms with van der Waals surface area (Å²) in [5.74, 6) is -0.177. The molecule has 4 aromatic carbocycles. The molecule has 0 bridgehead atoms. The number of carboxylic acid groups (broad SMARTS) is 1. The Bertz CT molecular complexity index is 1250. The Morgan fingerprint density at radius 3 is 1.86 bits per heavy atom. The van der Waals surface area contributed by atoms with Gasteiger partial charge >= 0.3 is 5.97 Å². The lowest BCUT2D eigenvalue weighted by molar-refractivity contribution is -0.145. The fourth-order valence-electron chi connectivity index (χ4n) is 4.53. The second kappa shape index (κ2) is 12.0. The van der Waals surface area contributed by atoms with Crippen molar-refractivity contribution in [2.24, 2.45) is 0 Å². The molecule has 0 saturated heterocycles. The maximum Gasteiger partial charge on any atom is 0.314 e. The van der Waals surface area contributed by atoms with E-state index >= 15 is 0 Å². The smallest absolute Gasteiger partial charge is 0.314 e. The van der Waals surface area contributed by atoms with Crippen molar-refractivity contribution in [2.75, 3.05) is 0 Å². The first-order valence-corrected chi connectivity index (χ1v) is 12.2. The molecule has 4 nitrogen and oxygen atoms in total. The van der Waals surface area contributed by atoms with E-state index in [4.69, 9.17) is 4.74 Å². The molecule has 4 heteroatoms. The van der Waals surface area contributed by atoms with Crippen LogP contribution < -0.4 is 4.74 Å². The number of hydrogen-bond donors (Lipinski definition) is 1. The molecule has 36 heavy (non-hydrogen) atoms. The molecule has 0 amide bonds. The molecule has 0 aromatic heterocycles. The summed E-state index contributed by atoms with van der Waals surface area (Å²) in [7, 11) is 0. The van der Waals surface area contributed by atoms with Crippen molar-refractivity contribution in [3.8, 4) is 16.9 Å². The van der Waals surface area contributed by atoms with Crippen molar-refractivity contribution >= 4 is 12.3 Å². The average Bonchev–Trinajstić information content (AvgIpc) is 2.93. The number of aliphatic carboxylic acids is 1. The van der Waals surface area contributed by atoms with E-state index in [0.717, 1.165) is 40.7 Å². The number of rotatable bonds is 12. The van der Waals surface area contributed by atoms with Gasteiger partial charge in [-0.15, -0.1) is 0 Å². The van der Waals surface area contributed by atoms with Crippen molar-refractivity contribution in [1.82, 2.24) is 0 Å². The van der Waals surface area contributed by atoms with Crippen LogP contribution in [0.4, 0.5) is 0 Å². The van der Waals surface area contributed by atoms with E-state index in [-0.39, 0.29) is 6.42 Å². The molecular weight excluding hydrogens is 448 g/mol. The van der Waals surface area contributed by atoms with Gasteiger partial charge in [0.2, 0.25) is 0 Å². The minimum atomic E-state index is -1.23. The van der Waals surface area contributed by atoms with Gasteiger partial charge in [0.15, 0.2) is 0 Å². The van der Waals surface area contributed by atoms with Gasteiger partial charge in [-0.25, -0.2) is 0 Å². The van der Waals surface area contributed by atoms with Gasteiger partial charge in [0.1, 0.15) is 18.6 Å². The molecule has 4 rings (SSSR count). The maximum atomic E-state index is 12.4. The highest BCUT2D eigenvalue weighted by atomic mass is 16.5. The topological polar surface area (TPSA) is 63.6 Å². The Kier molecular flexibility index (Phi) is 8.30. The third kappa shape index (κ3) is 6.08. The Balaban J connectivity index is 1.46. The van der Waals surface area contributed by atoms with Crippen molar-refractivity contribution < 1.29 is 19.4 Å². The average molecular weight is 479 g/mol. The summed E-state index contributed by atoms with van der Waals surface area (Å²) in [6.07, 6.45) is 2.51. The number of aldehydes is 1. The molecule has 0 radical (unpaired) electrons. The van der Waals surface area contributed by atoms with Gasteiger partial charge in [-0.2, -0.15) is 0 Å². The first kappa shape index (κ1) is 24.9. The highest BCUT2D eigenvalue weighted by molar-refractivity contribution is 5.85. The molecule has 0 saturated carbocycles. The number of ether oxygens (including phenoxy) is 1. The third-order valence-corrected chi connectivity index (χ3v) is 6.63. The van der Waals surface area contributed by atoms with Gasteiger partial charge in [0, 0.05) is 6.42 Å². The predicted molar refractivity (Wildman–Crippen MR) is 142 cm³/mol. The van der Waals surface area contributed by atoms with E-state index in [2.05, 4.69) is 0 Å². The normalized spacial score (nSPS) is 12.4. The molecule has 0 heterocycles. The van der Waals surface area contributed by atoms with Crippen LogP contribution in [0.2, 0.25) is 0 Å². The fraction of sp³-hybridized carbons (Fsp3) is 0.188. The predicted octanol–water partition coefficient (Wildman–Crippen LogP) is 6.87. The molecule has 182 valence electrons. The largest absolute Gasteiger partial charge is 0.489 e. The van der Waals surface area contributed by atoms with Crippen LogP contribution in [-0.2, 0) is 28.0 Å². The SMILES string of the molecule is O=CC[C@](CCCc1ccccc1)(C(=O)O)c1ccc(-c2ccc(OCc3ccccc3)cc2)cc1. The highest BCUT2D eigenvalue weighted by Gasteiger charge is 2.39. The van der Waals surface area contributed by atoms with E-state index < -0.39 is 11.4 Å². The number of carboxylic acids is 1. The van der Waals surface area contributed by atoms with Crippen molar-refractivity contribution in [1.29, 1.82) is 0 Å². The van der Waals surface area contributed by atoms with E-state index in [1.807, 2.05) is 109 Å².